The van der Waals surface area contributed by atoms with Gasteiger partial charge in [0.1, 0.15) is 0 Å². The number of nitrogens with zero attached hydrogens (tertiary/aromatic N) is 3. The van der Waals surface area contributed by atoms with E-state index in [0.717, 1.165) is 19.5 Å². The van der Waals surface area contributed by atoms with Crippen molar-refractivity contribution in [3.63, 3.8) is 0 Å². The number of likely N-dealkylation sites (tertiary alicyclic amines) is 1. The lowest BCUT2D eigenvalue weighted by Gasteiger charge is -2.40. The molecule has 0 spiro atoms. The van der Waals surface area contributed by atoms with Crippen LogP contribution in [0.25, 0.3) is 0 Å². The molecule has 1 fully saturated rings. The third-order valence-corrected chi connectivity index (χ3v) is 3.53. The Morgan fingerprint density at radius 2 is 2.32 bits per heavy atom. The number of hydrogen-bond acceptors (Lipinski definition) is 4. The molecule has 1 aliphatic rings. The Bertz CT molecular complexity index is 449. The number of aromatic nitrogens is 2. The van der Waals surface area contributed by atoms with Gasteiger partial charge >= 0.3 is 0 Å². The first-order valence-corrected chi connectivity index (χ1v) is 6.87. The number of carbonyl (C=O) groups is 1. The second kappa shape index (κ2) is 6.19. The Labute approximate surface area is 117 Å². The molecule has 19 heavy (non-hydrogen) atoms. The number of rotatable bonds is 5. The van der Waals surface area contributed by atoms with E-state index in [4.69, 9.17) is 16.3 Å². The molecular formula is C13H18ClN3O2. The van der Waals surface area contributed by atoms with Gasteiger partial charge in [-0.25, -0.2) is 0 Å². The van der Waals surface area contributed by atoms with Crippen molar-refractivity contribution in [2.24, 2.45) is 11.8 Å². The molecule has 0 N–H and O–H groups in total. The highest BCUT2D eigenvalue weighted by Gasteiger charge is 2.32. The Kier molecular flexibility index (Phi) is 4.58. The van der Waals surface area contributed by atoms with E-state index in [9.17, 15) is 4.79 Å². The van der Waals surface area contributed by atoms with Gasteiger partial charge in [0, 0.05) is 24.9 Å². The predicted molar refractivity (Wildman–Crippen MR) is 72.1 cm³/mol. The summed E-state index contributed by atoms with van der Waals surface area (Å²) < 4.78 is 5.51. The Balaban J connectivity index is 1.72. The van der Waals surface area contributed by atoms with Crippen LogP contribution in [0.4, 0.5) is 0 Å². The van der Waals surface area contributed by atoms with Gasteiger partial charge in [0.05, 0.1) is 19.0 Å². The van der Waals surface area contributed by atoms with Gasteiger partial charge in [-0.15, -0.1) is 0 Å². The van der Waals surface area contributed by atoms with Crippen LogP contribution in [-0.2, 0) is 4.79 Å². The van der Waals surface area contributed by atoms with Gasteiger partial charge in [0.15, 0.2) is 5.15 Å². The van der Waals surface area contributed by atoms with Gasteiger partial charge in [0.2, 0.25) is 11.8 Å². The van der Waals surface area contributed by atoms with Crippen LogP contribution in [0.5, 0.6) is 5.88 Å². The number of carbonyl (C=O) groups excluding carboxylic acids is 1. The number of amides is 1. The summed E-state index contributed by atoms with van der Waals surface area (Å²) in [6.07, 6.45) is 3.88. The molecule has 6 heteroatoms. The van der Waals surface area contributed by atoms with Crippen LogP contribution in [0.15, 0.2) is 12.4 Å². The number of ether oxygens (including phenoxy) is 1. The summed E-state index contributed by atoms with van der Waals surface area (Å²) in [6.45, 7) is 6.06. The first kappa shape index (κ1) is 14.1. The standard InChI is InChI=1S/C13H18ClN3O2/c1-3-9(2)13(18)17-6-10(7-17)8-19-12-5-15-4-11(14)16-12/h4-5,9-10H,3,6-8H2,1-2H3. The van der Waals surface area contributed by atoms with Gasteiger partial charge in [-0.3, -0.25) is 9.78 Å². The lowest BCUT2D eigenvalue weighted by Crippen LogP contribution is -2.53. The van der Waals surface area contributed by atoms with Crippen LogP contribution in [0.1, 0.15) is 20.3 Å². The van der Waals surface area contributed by atoms with E-state index in [2.05, 4.69) is 9.97 Å². The number of halogens is 1. The monoisotopic (exact) mass is 283 g/mol. The minimum atomic E-state index is 0.112. The normalized spacial score (nSPS) is 16.9. The van der Waals surface area contributed by atoms with Crippen molar-refractivity contribution in [1.82, 2.24) is 14.9 Å². The molecule has 0 saturated carbocycles. The highest BCUT2D eigenvalue weighted by atomic mass is 35.5. The summed E-state index contributed by atoms with van der Waals surface area (Å²) in [5.74, 6) is 1.15. The predicted octanol–water partition coefficient (Wildman–Crippen LogP) is 2.01. The lowest BCUT2D eigenvalue weighted by atomic mass is 9.97. The molecule has 1 aliphatic heterocycles. The van der Waals surface area contributed by atoms with E-state index in [1.165, 1.54) is 12.4 Å². The molecule has 0 aromatic carbocycles. The third kappa shape index (κ3) is 3.56. The van der Waals surface area contributed by atoms with E-state index < -0.39 is 0 Å². The average Bonchev–Trinajstić information content (AvgIpc) is 2.35. The summed E-state index contributed by atoms with van der Waals surface area (Å²) in [5.41, 5.74) is 0. The molecule has 0 radical (unpaired) electrons. The molecular weight excluding hydrogens is 266 g/mol. The molecule has 2 heterocycles. The topological polar surface area (TPSA) is 55.3 Å². The van der Waals surface area contributed by atoms with Gasteiger partial charge in [-0.1, -0.05) is 25.4 Å². The van der Waals surface area contributed by atoms with Crippen LogP contribution in [0.2, 0.25) is 5.15 Å². The maximum Gasteiger partial charge on any atom is 0.233 e. The number of hydrogen-bond donors (Lipinski definition) is 0. The summed E-state index contributed by atoms with van der Waals surface area (Å²) in [5, 5.41) is 0.319. The Hall–Kier alpha value is -1.36. The van der Waals surface area contributed by atoms with E-state index in [1.807, 2.05) is 18.7 Å². The van der Waals surface area contributed by atoms with Crippen LogP contribution < -0.4 is 4.74 Å². The molecule has 1 atom stereocenters. The largest absolute Gasteiger partial charge is 0.476 e. The SMILES string of the molecule is CCC(C)C(=O)N1CC(COc2cncc(Cl)n2)C1. The average molecular weight is 284 g/mol. The van der Waals surface area contributed by atoms with E-state index >= 15 is 0 Å². The molecule has 2 rings (SSSR count). The van der Waals surface area contributed by atoms with Gasteiger partial charge < -0.3 is 9.64 Å². The van der Waals surface area contributed by atoms with Crippen molar-refractivity contribution >= 4 is 17.5 Å². The fraction of sp³-hybridized carbons (Fsp3) is 0.615. The minimum absolute atomic E-state index is 0.112. The molecule has 1 unspecified atom stereocenters. The second-order valence-electron chi connectivity index (χ2n) is 4.91. The fourth-order valence-electron chi connectivity index (χ4n) is 1.94. The van der Waals surface area contributed by atoms with Crippen molar-refractivity contribution < 1.29 is 9.53 Å². The Morgan fingerprint density at radius 1 is 1.58 bits per heavy atom. The van der Waals surface area contributed by atoms with Gasteiger partial charge in [-0.2, -0.15) is 4.98 Å². The molecule has 104 valence electrons. The Morgan fingerprint density at radius 3 is 2.95 bits per heavy atom. The summed E-state index contributed by atoms with van der Waals surface area (Å²) in [4.78, 5) is 21.6. The van der Waals surface area contributed by atoms with E-state index in [0.29, 0.717) is 23.6 Å². The first-order chi connectivity index (χ1) is 9.10. The molecule has 1 aromatic rings. The summed E-state index contributed by atoms with van der Waals surface area (Å²) >= 11 is 5.72. The zero-order valence-corrected chi connectivity index (χ0v) is 11.9. The van der Waals surface area contributed by atoms with Crippen molar-refractivity contribution in [1.29, 1.82) is 0 Å². The van der Waals surface area contributed by atoms with E-state index in [1.54, 1.807) is 0 Å². The van der Waals surface area contributed by atoms with Crippen LogP contribution >= 0.6 is 11.6 Å². The maximum atomic E-state index is 11.9. The van der Waals surface area contributed by atoms with Crippen molar-refractivity contribution in [3.8, 4) is 5.88 Å². The molecule has 1 saturated heterocycles. The van der Waals surface area contributed by atoms with Crippen molar-refractivity contribution in [3.05, 3.63) is 17.5 Å². The summed E-state index contributed by atoms with van der Waals surface area (Å²) in [7, 11) is 0. The van der Waals surface area contributed by atoms with Gasteiger partial charge in [-0.05, 0) is 6.42 Å². The second-order valence-corrected chi connectivity index (χ2v) is 5.30. The van der Waals surface area contributed by atoms with Crippen molar-refractivity contribution in [2.75, 3.05) is 19.7 Å². The lowest BCUT2D eigenvalue weighted by molar-refractivity contribution is -0.142. The van der Waals surface area contributed by atoms with Crippen LogP contribution in [0, 0.1) is 11.8 Å². The third-order valence-electron chi connectivity index (χ3n) is 3.35. The van der Waals surface area contributed by atoms with Crippen LogP contribution in [-0.4, -0.2) is 40.5 Å². The molecule has 0 bridgehead atoms. The fourth-order valence-corrected chi connectivity index (χ4v) is 2.08. The summed E-state index contributed by atoms with van der Waals surface area (Å²) in [6, 6.07) is 0. The quantitative estimate of drug-likeness (QED) is 0.829. The molecule has 5 nitrogen and oxygen atoms in total. The van der Waals surface area contributed by atoms with Crippen molar-refractivity contribution in [2.45, 2.75) is 20.3 Å². The maximum absolute atomic E-state index is 11.9. The molecule has 0 aliphatic carbocycles. The molecule has 1 aromatic heterocycles. The smallest absolute Gasteiger partial charge is 0.233 e. The zero-order chi connectivity index (χ0) is 13.8. The molecule has 1 amide bonds. The minimum Gasteiger partial charge on any atom is -0.476 e. The highest BCUT2D eigenvalue weighted by Crippen LogP contribution is 2.20. The van der Waals surface area contributed by atoms with E-state index in [-0.39, 0.29) is 11.8 Å². The zero-order valence-electron chi connectivity index (χ0n) is 11.2. The van der Waals surface area contributed by atoms with Crippen LogP contribution in [0.3, 0.4) is 0 Å². The first-order valence-electron chi connectivity index (χ1n) is 6.49. The van der Waals surface area contributed by atoms with Gasteiger partial charge in [0.25, 0.3) is 0 Å². The highest BCUT2D eigenvalue weighted by molar-refractivity contribution is 6.29.